The number of hydrogen-bond donors (Lipinski definition) is 1. The molecule has 0 saturated heterocycles. The van der Waals surface area contributed by atoms with Gasteiger partial charge in [0.1, 0.15) is 5.75 Å². The maximum absolute atomic E-state index is 12.9. The number of aryl methyl sites for hydroxylation is 1. The van der Waals surface area contributed by atoms with Gasteiger partial charge in [0.25, 0.3) is 0 Å². The summed E-state index contributed by atoms with van der Waals surface area (Å²) in [7, 11) is 1.62. The lowest BCUT2D eigenvalue weighted by Gasteiger charge is -2.21. The molecule has 0 saturated carbocycles. The molecule has 1 amide bonds. The van der Waals surface area contributed by atoms with Gasteiger partial charge in [0.2, 0.25) is 5.91 Å². The Labute approximate surface area is 160 Å². The molecule has 1 heterocycles. The quantitative estimate of drug-likeness (QED) is 0.698. The molecule has 1 N–H and O–H groups in total. The normalized spacial score (nSPS) is 12.0. The first-order valence-electron chi connectivity index (χ1n) is 9.04. The fraction of sp³-hybridized carbons (Fsp3) is 0.273. The number of carbonyl (C=O) groups is 1. The molecule has 1 atom stereocenters. The zero-order valence-electron chi connectivity index (χ0n) is 16.1. The average molecular weight is 363 g/mol. The second kappa shape index (κ2) is 8.08. The van der Waals surface area contributed by atoms with Crippen LogP contribution in [0.25, 0.3) is 5.69 Å². The van der Waals surface area contributed by atoms with Crippen LogP contribution in [0.4, 0.5) is 5.69 Å². The topological polar surface area (TPSA) is 56.1 Å². The van der Waals surface area contributed by atoms with Gasteiger partial charge in [0, 0.05) is 18.0 Å². The Hall–Kier alpha value is -3.08. The summed E-state index contributed by atoms with van der Waals surface area (Å²) in [5.74, 6) is 0.617. The fourth-order valence-electron chi connectivity index (χ4n) is 3.24. The summed E-state index contributed by atoms with van der Waals surface area (Å²) < 4.78 is 7.43. The molecule has 2 aromatic carbocycles. The number of carbonyl (C=O) groups excluding carboxylic acids is 1. The third-order valence-electron chi connectivity index (χ3n) is 4.54. The van der Waals surface area contributed by atoms with Gasteiger partial charge in [-0.3, -0.25) is 4.79 Å². The summed E-state index contributed by atoms with van der Waals surface area (Å²) in [6.45, 7) is 6.05. The highest BCUT2D eigenvalue weighted by atomic mass is 16.5. The molecule has 27 heavy (non-hydrogen) atoms. The maximum Gasteiger partial charge on any atom is 0.232 e. The molecule has 140 valence electrons. The molecule has 3 aromatic rings. The molecule has 0 aliphatic rings. The molecule has 1 aromatic heterocycles. The zero-order valence-corrected chi connectivity index (χ0v) is 16.1. The van der Waals surface area contributed by atoms with Gasteiger partial charge < -0.3 is 14.6 Å². The van der Waals surface area contributed by atoms with Crippen molar-refractivity contribution < 1.29 is 9.53 Å². The molecule has 5 nitrogen and oxygen atoms in total. The minimum Gasteiger partial charge on any atom is -0.494 e. The molecule has 0 bridgehead atoms. The molecule has 0 radical (unpaired) electrons. The van der Waals surface area contributed by atoms with Crippen LogP contribution < -0.4 is 10.1 Å². The van der Waals surface area contributed by atoms with Crippen molar-refractivity contribution in [2.75, 3.05) is 12.4 Å². The van der Waals surface area contributed by atoms with Crippen molar-refractivity contribution >= 4 is 11.6 Å². The smallest absolute Gasteiger partial charge is 0.232 e. The van der Waals surface area contributed by atoms with Crippen LogP contribution in [0.2, 0.25) is 0 Å². The van der Waals surface area contributed by atoms with Gasteiger partial charge in [0.05, 0.1) is 30.7 Å². The van der Waals surface area contributed by atoms with E-state index in [2.05, 4.69) is 24.1 Å². The Morgan fingerprint density at radius 2 is 1.89 bits per heavy atom. The third kappa shape index (κ3) is 4.19. The van der Waals surface area contributed by atoms with E-state index < -0.39 is 0 Å². The van der Waals surface area contributed by atoms with E-state index in [4.69, 9.17) is 4.74 Å². The summed E-state index contributed by atoms with van der Waals surface area (Å²) in [6, 6.07) is 15.5. The summed E-state index contributed by atoms with van der Waals surface area (Å²) in [5.41, 5.74) is 3.53. The minimum absolute atomic E-state index is 0.0236. The van der Waals surface area contributed by atoms with Crippen LogP contribution in [-0.4, -0.2) is 22.6 Å². The van der Waals surface area contributed by atoms with E-state index in [-0.39, 0.29) is 17.7 Å². The number of imidazole rings is 1. The van der Waals surface area contributed by atoms with Crippen LogP contribution in [0.1, 0.15) is 31.0 Å². The van der Waals surface area contributed by atoms with Gasteiger partial charge in [-0.25, -0.2) is 4.98 Å². The number of amides is 1. The van der Waals surface area contributed by atoms with E-state index in [1.807, 2.05) is 66.2 Å². The summed E-state index contributed by atoms with van der Waals surface area (Å²) in [4.78, 5) is 17.2. The highest BCUT2D eigenvalue weighted by Gasteiger charge is 2.24. The van der Waals surface area contributed by atoms with Crippen LogP contribution in [0, 0.1) is 12.8 Å². The molecule has 1 unspecified atom stereocenters. The lowest BCUT2D eigenvalue weighted by atomic mass is 9.87. The van der Waals surface area contributed by atoms with Gasteiger partial charge in [-0.1, -0.05) is 44.2 Å². The van der Waals surface area contributed by atoms with Crippen molar-refractivity contribution in [3.63, 3.8) is 0 Å². The number of aromatic nitrogens is 2. The van der Waals surface area contributed by atoms with E-state index in [0.717, 1.165) is 16.9 Å². The minimum atomic E-state index is -0.215. The van der Waals surface area contributed by atoms with Crippen molar-refractivity contribution in [3.8, 4) is 11.4 Å². The number of nitrogens with zero attached hydrogens (tertiary/aromatic N) is 2. The first-order valence-corrected chi connectivity index (χ1v) is 9.04. The lowest BCUT2D eigenvalue weighted by molar-refractivity contribution is -0.118. The summed E-state index contributed by atoms with van der Waals surface area (Å²) >= 11 is 0. The Morgan fingerprint density at radius 3 is 2.48 bits per heavy atom. The van der Waals surface area contributed by atoms with Crippen LogP contribution in [0.15, 0.2) is 61.1 Å². The molecule has 0 fully saturated rings. The monoisotopic (exact) mass is 363 g/mol. The SMILES string of the molecule is COc1cc(NC(=O)C(c2ccccc2)C(C)C)ccc1-n1cnc(C)c1. The highest BCUT2D eigenvalue weighted by Crippen LogP contribution is 2.29. The Bertz CT molecular complexity index is 916. The van der Waals surface area contributed by atoms with Gasteiger partial charge >= 0.3 is 0 Å². The lowest BCUT2D eigenvalue weighted by Crippen LogP contribution is -2.25. The third-order valence-corrected chi connectivity index (χ3v) is 4.54. The van der Waals surface area contributed by atoms with Crippen LogP contribution >= 0.6 is 0 Å². The van der Waals surface area contributed by atoms with Gasteiger partial charge in [0.15, 0.2) is 0 Å². The number of nitrogens with one attached hydrogen (secondary N) is 1. The van der Waals surface area contributed by atoms with Crippen LogP contribution in [0.3, 0.4) is 0 Å². The largest absolute Gasteiger partial charge is 0.494 e. The Morgan fingerprint density at radius 1 is 1.15 bits per heavy atom. The van der Waals surface area contributed by atoms with Gasteiger partial charge in [-0.05, 0) is 30.5 Å². The Balaban J connectivity index is 1.85. The van der Waals surface area contributed by atoms with E-state index in [1.54, 1.807) is 13.4 Å². The molecule has 3 rings (SSSR count). The molecule has 0 aliphatic heterocycles. The standard InChI is InChI=1S/C22H25N3O2/c1-15(2)21(17-8-6-5-7-9-17)22(26)24-18-10-11-19(20(12-18)27-4)25-13-16(3)23-14-25/h5-15,21H,1-4H3,(H,24,26). The first kappa shape index (κ1) is 18.7. The van der Waals surface area contributed by atoms with Gasteiger partial charge in [-0.2, -0.15) is 0 Å². The predicted octanol–water partition coefficient (Wildman–Crippen LogP) is 4.57. The molecule has 0 aliphatic carbocycles. The average Bonchev–Trinajstić information content (AvgIpc) is 3.08. The van der Waals surface area contributed by atoms with E-state index in [0.29, 0.717) is 11.4 Å². The van der Waals surface area contributed by atoms with Crippen molar-refractivity contribution in [1.82, 2.24) is 9.55 Å². The predicted molar refractivity (Wildman–Crippen MR) is 108 cm³/mol. The molecular weight excluding hydrogens is 338 g/mol. The van der Waals surface area contributed by atoms with E-state index in [9.17, 15) is 4.79 Å². The fourth-order valence-corrected chi connectivity index (χ4v) is 3.24. The second-order valence-corrected chi connectivity index (χ2v) is 6.93. The second-order valence-electron chi connectivity index (χ2n) is 6.93. The molecule has 5 heteroatoms. The summed E-state index contributed by atoms with van der Waals surface area (Å²) in [5, 5.41) is 3.04. The zero-order chi connectivity index (χ0) is 19.4. The van der Waals surface area contributed by atoms with Crippen LogP contribution in [0.5, 0.6) is 5.75 Å². The summed E-state index contributed by atoms with van der Waals surface area (Å²) in [6.07, 6.45) is 3.68. The number of hydrogen-bond acceptors (Lipinski definition) is 3. The number of methoxy groups -OCH3 is 1. The number of anilines is 1. The number of rotatable bonds is 6. The van der Waals surface area contributed by atoms with E-state index in [1.165, 1.54) is 0 Å². The molecular formula is C22H25N3O2. The Kier molecular flexibility index (Phi) is 5.60. The maximum atomic E-state index is 12.9. The molecule has 0 spiro atoms. The first-order chi connectivity index (χ1) is 13.0. The van der Waals surface area contributed by atoms with Crippen molar-refractivity contribution in [2.45, 2.75) is 26.7 Å². The number of benzene rings is 2. The highest BCUT2D eigenvalue weighted by molar-refractivity contribution is 5.96. The van der Waals surface area contributed by atoms with Crippen molar-refractivity contribution in [2.24, 2.45) is 5.92 Å². The van der Waals surface area contributed by atoms with Gasteiger partial charge in [-0.15, -0.1) is 0 Å². The number of ether oxygens (including phenoxy) is 1. The van der Waals surface area contributed by atoms with E-state index >= 15 is 0 Å². The van der Waals surface area contributed by atoms with Crippen molar-refractivity contribution in [3.05, 3.63) is 72.3 Å². The van der Waals surface area contributed by atoms with Crippen LogP contribution in [-0.2, 0) is 4.79 Å². The van der Waals surface area contributed by atoms with Crippen molar-refractivity contribution in [1.29, 1.82) is 0 Å².